The van der Waals surface area contributed by atoms with Crippen LogP contribution in [-0.2, 0) is 0 Å². The Labute approximate surface area is 158 Å². The van der Waals surface area contributed by atoms with Crippen molar-refractivity contribution in [2.75, 3.05) is 16.0 Å². The van der Waals surface area contributed by atoms with Gasteiger partial charge < -0.3 is 16.0 Å². The summed E-state index contributed by atoms with van der Waals surface area (Å²) in [5.41, 5.74) is 4.47. The van der Waals surface area contributed by atoms with E-state index >= 15 is 0 Å². The Morgan fingerprint density at radius 2 is 1.44 bits per heavy atom. The van der Waals surface area contributed by atoms with Crippen LogP contribution in [0.3, 0.4) is 0 Å². The molecule has 0 spiro atoms. The number of carbonyl (C=O) groups is 2. The van der Waals surface area contributed by atoms with Gasteiger partial charge in [0, 0.05) is 22.6 Å². The van der Waals surface area contributed by atoms with Crippen LogP contribution in [0.1, 0.15) is 21.5 Å². The first kappa shape index (κ1) is 18.2. The summed E-state index contributed by atoms with van der Waals surface area (Å²) in [6.07, 6.45) is 0. The van der Waals surface area contributed by atoms with Crippen LogP contribution in [0.15, 0.2) is 72.8 Å². The first-order chi connectivity index (χ1) is 13.0. The zero-order chi connectivity index (χ0) is 19.2. The number of para-hydroxylation sites is 1. The van der Waals surface area contributed by atoms with E-state index < -0.39 is 0 Å². The van der Waals surface area contributed by atoms with E-state index in [9.17, 15) is 9.59 Å². The van der Waals surface area contributed by atoms with Crippen LogP contribution in [0.4, 0.5) is 21.9 Å². The van der Waals surface area contributed by atoms with Crippen molar-refractivity contribution in [1.29, 1.82) is 0 Å². The van der Waals surface area contributed by atoms with Gasteiger partial charge in [-0.1, -0.05) is 42.0 Å². The van der Waals surface area contributed by atoms with Gasteiger partial charge in [-0.15, -0.1) is 0 Å². The molecule has 0 radical (unpaired) electrons. The van der Waals surface area contributed by atoms with Crippen molar-refractivity contribution in [3.8, 4) is 0 Å². The van der Waals surface area contributed by atoms with Crippen molar-refractivity contribution >= 4 is 29.0 Å². The van der Waals surface area contributed by atoms with Crippen LogP contribution < -0.4 is 16.0 Å². The second-order valence-electron chi connectivity index (χ2n) is 6.30. The molecule has 0 saturated carbocycles. The predicted molar refractivity (Wildman–Crippen MR) is 109 cm³/mol. The lowest BCUT2D eigenvalue weighted by atomic mass is 10.1. The van der Waals surface area contributed by atoms with Crippen LogP contribution in [0.25, 0.3) is 0 Å². The highest BCUT2D eigenvalue weighted by atomic mass is 16.2. The van der Waals surface area contributed by atoms with Gasteiger partial charge in [-0.25, -0.2) is 4.79 Å². The Balaban J connectivity index is 1.70. The average molecular weight is 359 g/mol. The SMILES string of the molecule is Cc1cccc(C(=O)Nc2cc(NC(=O)Nc3ccccc3)ccc2C)c1. The Morgan fingerprint density at radius 3 is 2.19 bits per heavy atom. The lowest BCUT2D eigenvalue weighted by molar-refractivity contribution is 0.102. The topological polar surface area (TPSA) is 70.2 Å². The van der Waals surface area contributed by atoms with Crippen molar-refractivity contribution in [1.82, 2.24) is 0 Å². The Bertz CT molecular complexity index is 968. The number of urea groups is 1. The van der Waals surface area contributed by atoms with Gasteiger partial charge in [0.1, 0.15) is 0 Å². The van der Waals surface area contributed by atoms with E-state index in [1.807, 2.05) is 68.4 Å². The molecule has 0 fully saturated rings. The van der Waals surface area contributed by atoms with E-state index in [1.54, 1.807) is 18.2 Å². The summed E-state index contributed by atoms with van der Waals surface area (Å²) < 4.78 is 0. The van der Waals surface area contributed by atoms with Gasteiger partial charge in [0.2, 0.25) is 0 Å². The van der Waals surface area contributed by atoms with E-state index in [0.717, 1.165) is 11.1 Å². The largest absolute Gasteiger partial charge is 0.323 e. The number of carbonyl (C=O) groups excluding carboxylic acids is 2. The van der Waals surface area contributed by atoms with Crippen LogP contribution in [0, 0.1) is 13.8 Å². The van der Waals surface area contributed by atoms with Crippen molar-refractivity contribution in [3.63, 3.8) is 0 Å². The molecule has 3 aromatic rings. The molecule has 3 N–H and O–H groups in total. The molecule has 3 aromatic carbocycles. The van der Waals surface area contributed by atoms with Gasteiger partial charge in [-0.2, -0.15) is 0 Å². The van der Waals surface area contributed by atoms with Crippen LogP contribution in [-0.4, -0.2) is 11.9 Å². The lowest BCUT2D eigenvalue weighted by Crippen LogP contribution is -2.19. The smallest absolute Gasteiger partial charge is 0.322 e. The van der Waals surface area contributed by atoms with Gasteiger partial charge in [0.05, 0.1) is 0 Å². The molecule has 0 aliphatic rings. The maximum Gasteiger partial charge on any atom is 0.323 e. The normalized spacial score (nSPS) is 10.1. The molecule has 5 nitrogen and oxygen atoms in total. The highest BCUT2D eigenvalue weighted by molar-refractivity contribution is 6.05. The average Bonchev–Trinajstić information content (AvgIpc) is 2.65. The summed E-state index contributed by atoms with van der Waals surface area (Å²) in [6.45, 7) is 3.84. The number of benzene rings is 3. The quantitative estimate of drug-likeness (QED) is 0.599. The van der Waals surface area contributed by atoms with Crippen LogP contribution in [0.2, 0.25) is 0 Å². The third-order valence-corrected chi connectivity index (χ3v) is 4.06. The molecule has 0 saturated heterocycles. The van der Waals surface area contributed by atoms with Gasteiger partial charge in [-0.3, -0.25) is 4.79 Å². The molecule has 0 unspecified atom stereocenters. The molecular formula is C22H21N3O2. The summed E-state index contributed by atoms with van der Waals surface area (Å²) in [5, 5.41) is 8.45. The van der Waals surface area contributed by atoms with E-state index in [4.69, 9.17) is 0 Å². The molecule has 136 valence electrons. The molecule has 0 aromatic heterocycles. The Morgan fingerprint density at radius 1 is 0.704 bits per heavy atom. The standard InChI is InChI=1S/C22H21N3O2/c1-15-7-6-8-17(13-15)21(26)25-20-14-19(12-11-16(20)2)24-22(27)23-18-9-4-3-5-10-18/h3-14H,1-2H3,(H,25,26)(H2,23,24,27). The lowest BCUT2D eigenvalue weighted by Gasteiger charge is -2.12. The number of rotatable bonds is 4. The zero-order valence-electron chi connectivity index (χ0n) is 15.2. The number of anilines is 3. The number of hydrogen-bond acceptors (Lipinski definition) is 2. The third kappa shape index (κ3) is 4.95. The van der Waals surface area contributed by atoms with E-state index in [-0.39, 0.29) is 11.9 Å². The van der Waals surface area contributed by atoms with Crippen molar-refractivity contribution < 1.29 is 9.59 Å². The van der Waals surface area contributed by atoms with Gasteiger partial charge in [0.25, 0.3) is 5.91 Å². The molecule has 0 heterocycles. The molecule has 0 atom stereocenters. The fraction of sp³-hybridized carbons (Fsp3) is 0.0909. The molecular weight excluding hydrogens is 338 g/mol. The van der Waals surface area contributed by atoms with Gasteiger partial charge >= 0.3 is 6.03 Å². The second-order valence-corrected chi connectivity index (χ2v) is 6.30. The molecule has 27 heavy (non-hydrogen) atoms. The maximum absolute atomic E-state index is 12.5. The van der Waals surface area contributed by atoms with E-state index in [2.05, 4.69) is 16.0 Å². The fourth-order valence-corrected chi connectivity index (χ4v) is 2.63. The third-order valence-electron chi connectivity index (χ3n) is 4.06. The molecule has 5 heteroatoms. The van der Waals surface area contributed by atoms with Crippen LogP contribution in [0.5, 0.6) is 0 Å². The van der Waals surface area contributed by atoms with E-state index in [0.29, 0.717) is 22.6 Å². The Kier molecular flexibility index (Phi) is 5.52. The summed E-state index contributed by atoms with van der Waals surface area (Å²) in [6, 6.07) is 21.6. The zero-order valence-corrected chi connectivity index (χ0v) is 15.2. The van der Waals surface area contributed by atoms with Gasteiger partial charge in [-0.05, 0) is 55.8 Å². The van der Waals surface area contributed by atoms with E-state index in [1.165, 1.54) is 0 Å². The summed E-state index contributed by atoms with van der Waals surface area (Å²) in [7, 11) is 0. The fourth-order valence-electron chi connectivity index (χ4n) is 2.63. The second kappa shape index (κ2) is 8.19. The Hall–Kier alpha value is -3.60. The minimum atomic E-state index is -0.346. The summed E-state index contributed by atoms with van der Waals surface area (Å²) in [5.74, 6) is -0.187. The number of amides is 3. The molecule has 0 aliphatic heterocycles. The summed E-state index contributed by atoms with van der Waals surface area (Å²) >= 11 is 0. The number of aryl methyl sites for hydroxylation is 2. The molecule has 0 bridgehead atoms. The molecule has 3 amide bonds. The highest BCUT2D eigenvalue weighted by Gasteiger charge is 2.10. The summed E-state index contributed by atoms with van der Waals surface area (Å²) in [4.78, 5) is 24.6. The molecule has 3 rings (SSSR count). The van der Waals surface area contributed by atoms with Crippen molar-refractivity contribution in [2.45, 2.75) is 13.8 Å². The minimum Gasteiger partial charge on any atom is -0.322 e. The number of nitrogens with one attached hydrogen (secondary N) is 3. The first-order valence-corrected chi connectivity index (χ1v) is 8.63. The van der Waals surface area contributed by atoms with Crippen LogP contribution >= 0.6 is 0 Å². The molecule has 0 aliphatic carbocycles. The number of hydrogen-bond donors (Lipinski definition) is 3. The highest BCUT2D eigenvalue weighted by Crippen LogP contribution is 2.21. The predicted octanol–water partition coefficient (Wildman–Crippen LogP) is 5.20. The maximum atomic E-state index is 12.5. The van der Waals surface area contributed by atoms with Gasteiger partial charge in [0.15, 0.2) is 0 Å². The first-order valence-electron chi connectivity index (χ1n) is 8.63. The minimum absolute atomic E-state index is 0.187. The monoisotopic (exact) mass is 359 g/mol. The van der Waals surface area contributed by atoms with Crippen molar-refractivity contribution in [2.24, 2.45) is 0 Å². The van der Waals surface area contributed by atoms with Crippen molar-refractivity contribution in [3.05, 3.63) is 89.5 Å².